The number of imidazole rings is 1. The average molecular weight is 348 g/mol. The summed E-state index contributed by atoms with van der Waals surface area (Å²) < 4.78 is 18.9. The first-order valence-corrected chi connectivity index (χ1v) is 9.42. The van der Waals surface area contributed by atoms with Crippen molar-refractivity contribution in [1.82, 2.24) is 9.55 Å². The lowest BCUT2D eigenvalue weighted by Crippen LogP contribution is -2.07. The van der Waals surface area contributed by atoms with Gasteiger partial charge in [0.15, 0.2) is 11.6 Å². The average Bonchev–Trinajstić information content (AvgIpc) is 3.02. The molecule has 24 heavy (non-hydrogen) atoms. The van der Waals surface area contributed by atoms with Crippen molar-refractivity contribution in [2.75, 3.05) is 0 Å². The Kier molecular flexibility index (Phi) is 4.16. The van der Waals surface area contributed by atoms with E-state index in [2.05, 4.69) is 29.5 Å². The molecule has 0 aliphatic rings. The molecule has 0 aliphatic heterocycles. The van der Waals surface area contributed by atoms with Gasteiger partial charge in [-0.15, -0.1) is 0 Å². The highest BCUT2D eigenvalue weighted by Crippen LogP contribution is 2.36. The zero-order valence-electron chi connectivity index (χ0n) is 14.1. The standard InChI is InChI=1S/C17H21N2O4P/c1-10(2)9-19-16-12(4)7-11(3)8-13(16)18-17(19)14-5-6-15(23-14)24(20,21)22/h5-8,10H,9H2,1-4H3,(H2,20,21,22). The van der Waals surface area contributed by atoms with Crippen molar-refractivity contribution in [2.45, 2.75) is 34.2 Å². The molecule has 0 atom stereocenters. The van der Waals surface area contributed by atoms with E-state index in [9.17, 15) is 14.4 Å². The number of aryl methyl sites for hydroxylation is 2. The normalized spacial score (nSPS) is 12.5. The van der Waals surface area contributed by atoms with E-state index in [1.165, 1.54) is 6.07 Å². The molecule has 0 aliphatic carbocycles. The van der Waals surface area contributed by atoms with Gasteiger partial charge in [0.2, 0.25) is 5.50 Å². The molecule has 0 spiro atoms. The highest BCUT2D eigenvalue weighted by atomic mass is 31.2. The third-order valence-corrected chi connectivity index (χ3v) is 4.64. The molecule has 6 nitrogen and oxygen atoms in total. The summed E-state index contributed by atoms with van der Waals surface area (Å²) in [6.45, 7) is 9.03. The van der Waals surface area contributed by atoms with Gasteiger partial charge in [-0.25, -0.2) is 4.98 Å². The van der Waals surface area contributed by atoms with Gasteiger partial charge < -0.3 is 18.8 Å². The molecule has 2 N–H and O–H groups in total. The van der Waals surface area contributed by atoms with Gasteiger partial charge in [0.05, 0.1) is 11.0 Å². The third-order valence-electron chi connectivity index (χ3n) is 3.82. The molecular formula is C17H21N2O4P. The Morgan fingerprint density at radius 3 is 2.54 bits per heavy atom. The zero-order chi connectivity index (χ0) is 17.6. The van der Waals surface area contributed by atoms with Crippen LogP contribution in [0.15, 0.2) is 28.7 Å². The molecule has 0 saturated heterocycles. The summed E-state index contributed by atoms with van der Waals surface area (Å²) in [7, 11) is -4.42. The number of fused-ring (bicyclic) bond motifs is 1. The third kappa shape index (κ3) is 3.05. The quantitative estimate of drug-likeness (QED) is 0.706. The number of rotatable bonds is 4. The zero-order valence-corrected chi connectivity index (χ0v) is 15.0. The lowest BCUT2D eigenvalue weighted by atomic mass is 10.1. The first-order valence-electron chi connectivity index (χ1n) is 7.80. The van der Waals surface area contributed by atoms with Crippen molar-refractivity contribution in [2.24, 2.45) is 5.92 Å². The summed E-state index contributed by atoms with van der Waals surface area (Å²) in [6.07, 6.45) is 0. The summed E-state index contributed by atoms with van der Waals surface area (Å²) in [4.78, 5) is 23.2. The van der Waals surface area contributed by atoms with Crippen LogP contribution >= 0.6 is 7.60 Å². The highest BCUT2D eigenvalue weighted by molar-refractivity contribution is 7.59. The number of hydrogen-bond acceptors (Lipinski definition) is 3. The molecule has 3 rings (SSSR count). The summed E-state index contributed by atoms with van der Waals surface area (Å²) >= 11 is 0. The molecule has 7 heteroatoms. The maximum Gasteiger partial charge on any atom is 0.391 e. The van der Waals surface area contributed by atoms with Crippen LogP contribution in [-0.4, -0.2) is 19.3 Å². The first kappa shape index (κ1) is 17.0. The van der Waals surface area contributed by atoms with Crippen molar-refractivity contribution in [3.8, 4) is 11.6 Å². The number of nitrogens with zero attached hydrogens (tertiary/aromatic N) is 2. The van der Waals surface area contributed by atoms with Crippen molar-refractivity contribution in [1.29, 1.82) is 0 Å². The minimum Gasteiger partial charge on any atom is -0.445 e. The lowest BCUT2D eigenvalue weighted by Gasteiger charge is -2.12. The van der Waals surface area contributed by atoms with Crippen LogP contribution in [-0.2, 0) is 11.1 Å². The van der Waals surface area contributed by atoms with Crippen LogP contribution in [0.3, 0.4) is 0 Å². The molecule has 3 aromatic rings. The molecule has 2 heterocycles. The Morgan fingerprint density at radius 1 is 1.25 bits per heavy atom. The second-order valence-corrected chi connectivity index (χ2v) is 8.10. The van der Waals surface area contributed by atoms with Crippen LogP contribution in [0.25, 0.3) is 22.6 Å². The molecule has 128 valence electrons. The fourth-order valence-electron chi connectivity index (χ4n) is 2.99. The maximum atomic E-state index is 11.4. The fraction of sp³-hybridized carbons (Fsp3) is 0.353. The van der Waals surface area contributed by atoms with Gasteiger partial charge in [-0.1, -0.05) is 19.9 Å². The molecule has 0 bridgehead atoms. The Bertz CT molecular complexity index is 949. The van der Waals surface area contributed by atoms with Gasteiger partial charge in [0.25, 0.3) is 0 Å². The number of benzene rings is 1. The van der Waals surface area contributed by atoms with E-state index in [1.807, 2.05) is 19.9 Å². The van der Waals surface area contributed by atoms with E-state index in [0.717, 1.165) is 28.7 Å². The molecule has 0 saturated carbocycles. The summed E-state index contributed by atoms with van der Waals surface area (Å²) in [5.74, 6) is 1.34. The van der Waals surface area contributed by atoms with Gasteiger partial charge >= 0.3 is 7.60 Å². The first-order chi connectivity index (χ1) is 11.2. The van der Waals surface area contributed by atoms with Crippen molar-refractivity contribution in [3.05, 3.63) is 35.4 Å². The fourth-order valence-corrected chi connectivity index (χ4v) is 3.48. The molecular weight excluding hydrogens is 327 g/mol. The van der Waals surface area contributed by atoms with Crippen molar-refractivity contribution < 1.29 is 18.8 Å². The Hall–Kier alpha value is -1.88. The molecule has 0 radical (unpaired) electrons. The van der Waals surface area contributed by atoms with Crippen LogP contribution in [0, 0.1) is 19.8 Å². The monoisotopic (exact) mass is 348 g/mol. The van der Waals surface area contributed by atoms with Crippen molar-refractivity contribution >= 4 is 24.1 Å². The minimum atomic E-state index is -4.42. The summed E-state index contributed by atoms with van der Waals surface area (Å²) in [5.41, 5.74) is 3.78. The van der Waals surface area contributed by atoms with Gasteiger partial charge in [-0.05, 0) is 49.1 Å². The van der Waals surface area contributed by atoms with Gasteiger partial charge in [-0.3, -0.25) is 4.57 Å². The summed E-state index contributed by atoms with van der Waals surface area (Å²) in [6, 6.07) is 6.99. The topological polar surface area (TPSA) is 88.5 Å². The Morgan fingerprint density at radius 2 is 1.96 bits per heavy atom. The smallest absolute Gasteiger partial charge is 0.391 e. The largest absolute Gasteiger partial charge is 0.445 e. The maximum absolute atomic E-state index is 11.4. The van der Waals surface area contributed by atoms with E-state index in [4.69, 9.17) is 4.42 Å². The summed E-state index contributed by atoms with van der Waals surface area (Å²) in [5, 5.41) is 0. The van der Waals surface area contributed by atoms with Crippen LogP contribution in [0.4, 0.5) is 0 Å². The second kappa shape index (κ2) is 5.88. The predicted octanol–water partition coefficient (Wildman–Crippen LogP) is 3.37. The number of furan rings is 1. The van der Waals surface area contributed by atoms with Crippen LogP contribution in [0.2, 0.25) is 0 Å². The molecule has 0 fully saturated rings. The van der Waals surface area contributed by atoms with Crippen LogP contribution in [0.1, 0.15) is 25.0 Å². The Labute approximate surface area is 140 Å². The highest BCUT2D eigenvalue weighted by Gasteiger charge is 2.25. The van der Waals surface area contributed by atoms with E-state index in [1.54, 1.807) is 6.07 Å². The van der Waals surface area contributed by atoms with Gasteiger partial charge in [0.1, 0.15) is 0 Å². The minimum absolute atomic E-state index is 0.339. The molecule has 1 aromatic carbocycles. The molecule has 0 amide bonds. The van der Waals surface area contributed by atoms with Gasteiger partial charge in [0, 0.05) is 6.54 Å². The molecule has 2 aromatic heterocycles. The van der Waals surface area contributed by atoms with Crippen LogP contribution in [0.5, 0.6) is 0 Å². The predicted molar refractivity (Wildman–Crippen MR) is 93.4 cm³/mol. The molecule has 0 unspecified atom stereocenters. The van der Waals surface area contributed by atoms with Crippen molar-refractivity contribution in [3.63, 3.8) is 0 Å². The van der Waals surface area contributed by atoms with Gasteiger partial charge in [-0.2, -0.15) is 0 Å². The lowest BCUT2D eigenvalue weighted by molar-refractivity contribution is 0.377. The van der Waals surface area contributed by atoms with E-state index >= 15 is 0 Å². The number of hydrogen-bond donors (Lipinski definition) is 2. The van der Waals surface area contributed by atoms with E-state index in [0.29, 0.717) is 17.5 Å². The Balaban J connectivity index is 2.25. The van der Waals surface area contributed by atoms with E-state index < -0.39 is 7.60 Å². The number of aromatic nitrogens is 2. The SMILES string of the molecule is Cc1cc(C)c2c(c1)nc(-c1ccc(P(=O)(O)O)o1)n2CC(C)C. The van der Waals surface area contributed by atoms with Crippen LogP contribution < -0.4 is 5.50 Å². The van der Waals surface area contributed by atoms with E-state index in [-0.39, 0.29) is 5.50 Å². The second-order valence-electron chi connectivity index (χ2n) is 6.57.